The lowest BCUT2D eigenvalue weighted by Crippen LogP contribution is -2.04. The van der Waals surface area contributed by atoms with E-state index in [0.717, 1.165) is 12.1 Å². The largest absolute Gasteiger partial charge is 0.401 e. The van der Waals surface area contributed by atoms with E-state index in [1.54, 1.807) is 13.1 Å². The molecule has 0 saturated heterocycles. The van der Waals surface area contributed by atoms with E-state index in [9.17, 15) is 0 Å². The lowest BCUT2D eigenvalue weighted by Gasteiger charge is -1.90. The van der Waals surface area contributed by atoms with Gasteiger partial charge in [-0.3, -0.25) is 0 Å². The Labute approximate surface area is 55.4 Å². The molecule has 0 rings (SSSR count). The average molecular weight is 127 g/mol. The average Bonchev–Trinajstić information content (AvgIpc) is 1.83. The van der Waals surface area contributed by atoms with Crippen LogP contribution in [0.3, 0.4) is 0 Å². The van der Waals surface area contributed by atoms with E-state index >= 15 is 0 Å². The Bertz CT molecular complexity index is 131. The number of rotatable bonds is 2. The van der Waals surface area contributed by atoms with Crippen LogP contribution in [-0.4, -0.2) is 5.84 Å². The first-order valence-corrected chi connectivity index (χ1v) is 2.91. The van der Waals surface area contributed by atoms with E-state index < -0.39 is 0 Å². The highest BCUT2D eigenvalue weighted by atomic mass is 14.8. The van der Waals surface area contributed by atoms with Gasteiger partial charge in [-0.15, -0.1) is 0 Å². The summed E-state index contributed by atoms with van der Waals surface area (Å²) < 4.78 is 0. The van der Waals surface area contributed by atoms with Gasteiger partial charge >= 0.3 is 0 Å². The van der Waals surface area contributed by atoms with Gasteiger partial charge in [0.2, 0.25) is 0 Å². The molecule has 0 aromatic carbocycles. The number of aliphatic imine (C=N–C) groups is 1. The van der Waals surface area contributed by atoms with Crippen molar-refractivity contribution in [3.63, 3.8) is 0 Å². The van der Waals surface area contributed by atoms with Crippen molar-refractivity contribution in [1.82, 2.24) is 0 Å². The third-order valence-corrected chi connectivity index (χ3v) is 0.842. The first-order chi connectivity index (χ1) is 4.16. The Hall–Kier alpha value is -0.990. The van der Waals surface area contributed by atoms with Gasteiger partial charge in [-0.2, -0.15) is 0 Å². The molecule has 0 aliphatic rings. The molecule has 0 saturated carbocycles. The monoisotopic (exact) mass is 127 g/mol. The summed E-state index contributed by atoms with van der Waals surface area (Å²) in [7, 11) is 0. The van der Waals surface area contributed by atoms with Crippen LogP contribution in [0, 0.1) is 0 Å². The van der Waals surface area contributed by atoms with Gasteiger partial charge in [0.25, 0.3) is 0 Å². The van der Waals surface area contributed by atoms with Gasteiger partial charge in [0.15, 0.2) is 0 Å². The van der Waals surface area contributed by atoms with Crippen LogP contribution in [0.15, 0.2) is 16.9 Å². The molecule has 3 nitrogen and oxygen atoms in total. The molecular formula is C6H13N3. The molecule has 52 valence electrons. The van der Waals surface area contributed by atoms with E-state index in [1.165, 1.54) is 0 Å². The minimum atomic E-state index is 0.534. The number of allylic oxidation sites excluding steroid dienone is 1. The second kappa shape index (κ2) is 3.95. The highest BCUT2D eigenvalue weighted by Gasteiger charge is 1.79. The molecule has 0 bridgehead atoms. The molecule has 0 aromatic heterocycles. The fourth-order valence-corrected chi connectivity index (χ4v) is 0.276. The predicted octanol–water partition coefficient (Wildman–Crippen LogP) is 0.574. The summed E-state index contributed by atoms with van der Waals surface area (Å²) in [5.41, 5.74) is 11.4. The number of hydrogen-bond acceptors (Lipinski definition) is 2. The van der Waals surface area contributed by atoms with Gasteiger partial charge in [0.05, 0.1) is 5.84 Å². The van der Waals surface area contributed by atoms with Gasteiger partial charge < -0.3 is 11.5 Å². The molecule has 4 N–H and O–H groups in total. The molecule has 0 amide bonds. The van der Waals surface area contributed by atoms with Crippen LogP contribution >= 0.6 is 0 Å². The Balaban J connectivity index is 3.83. The second-order valence-electron chi connectivity index (χ2n) is 1.83. The summed E-state index contributed by atoms with van der Waals surface area (Å²) in [4.78, 5) is 3.80. The van der Waals surface area contributed by atoms with Gasteiger partial charge in [-0.1, -0.05) is 6.92 Å². The quantitative estimate of drug-likeness (QED) is 0.421. The van der Waals surface area contributed by atoms with Crippen LogP contribution in [0.4, 0.5) is 0 Å². The zero-order valence-corrected chi connectivity index (χ0v) is 5.89. The third-order valence-electron chi connectivity index (χ3n) is 0.842. The molecule has 0 spiro atoms. The van der Waals surface area contributed by atoms with E-state index in [2.05, 4.69) is 4.99 Å². The summed E-state index contributed by atoms with van der Waals surface area (Å²) in [6.07, 6.45) is 2.39. The molecule has 0 aliphatic heterocycles. The van der Waals surface area contributed by atoms with Crippen molar-refractivity contribution in [2.75, 3.05) is 0 Å². The van der Waals surface area contributed by atoms with E-state index in [4.69, 9.17) is 11.5 Å². The van der Waals surface area contributed by atoms with E-state index in [1.807, 2.05) is 6.92 Å². The van der Waals surface area contributed by atoms with Crippen molar-refractivity contribution in [2.45, 2.75) is 20.3 Å². The SMILES string of the molecule is CCC(N)=CN=C(C)N. The molecule has 0 radical (unpaired) electrons. The van der Waals surface area contributed by atoms with Crippen molar-refractivity contribution in [3.8, 4) is 0 Å². The number of nitrogens with zero attached hydrogens (tertiary/aromatic N) is 1. The summed E-state index contributed by atoms with van der Waals surface area (Å²) in [5.74, 6) is 0.534. The Morgan fingerprint density at radius 2 is 2.11 bits per heavy atom. The highest BCUT2D eigenvalue weighted by molar-refractivity contribution is 5.77. The first-order valence-electron chi connectivity index (χ1n) is 2.91. The first kappa shape index (κ1) is 8.01. The van der Waals surface area contributed by atoms with Crippen LogP contribution < -0.4 is 11.5 Å². The third kappa shape index (κ3) is 4.87. The Kier molecular flexibility index (Phi) is 3.51. The molecular weight excluding hydrogens is 114 g/mol. The molecule has 0 heterocycles. The highest BCUT2D eigenvalue weighted by Crippen LogP contribution is 1.89. The van der Waals surface area contributed by atoms with Gasteiger partial charge in [0.1, 0.15) is 0 Å². The summed E-state index contributed by atoms with van der Waals surface area (Å²) >= 11 is 0. The summed E-state index contributed by atoms with van der Waals surface area (Å²) in [6.45, 7) is 3.69. The normalized spacial score (nSPS) is 14.0. The van der Waals surface area contributed by atoms with Crippen molar-refractivity contribution in [1.29, 1.82) is 0 Å². The van der Waals surface area contributed by atoms with Crippen LogP contribution in [0.25, 0.3) is 0 Å². The topological polar surface area (TPSA) is 64.4 Å². The maximum Gasteiger partial charge on any atom is 0.0958 e. The Morgan fingerprint density at radius 3 is 2.44 bits per heavy atom. The molecule has 9 heavy (non-hydrogen) atoms. The maximum atomic E-state index is 5.42. The second-order valence-corrected chi connectivity index (χ2v) is 1.83. The lowest BCUT2D eigenvalue weighted by molar-refractivity contribution is 1.06. The van der Waals surface area contributed by atoms with Crippen LogP contribution in [0.1, 0.15) is 20.3 Å². The van der Waals surface area contributed by atoms with Gasteiger partial charge in [-0.05, 0) is 13.3 Å². The molecule has 0 fully saturated rings. The lowest BCUT2D eigenvalue weighted by atomic mass is 10.4. The van der Waals surface area contributed by atoms with Crippen LogP contribution in [0.5, 0.6) is 0 Å². The van der Waals surface area contributed by atoms with Crippen molar-refractivity contribution in [2.24, 2.45) is 16.5 Å². The summed E-state index contributed by atoms with van der Waals surface area (Å²) in [6, 6.07) is 0. The Morgan fingerprint density at radius 1 is 1.56 bits per heavy atom. The smallest absolute Gasteiger partial charge is 0.0958 e. The number of hydrogen-bond donors (Lipinski definition) is 2. The fourth-order valence-electron chi connectivity index (χ4n) is 0.276. The predicted molar refractivity (Wildman–Crippen MR) is 39.9 cm³/mol. The minimum Gasteiger partial charge on any atom is -0.401 e. The standard InChI is InChI=1S/C6H13N3/c1-3-6(8)4-9-5(2)7/h4H,3,8H2,1-2H3,(H2,7,9). The maximum absolute atomic E-state index is 5.42. The van der Waals surface area contributed by atoms with E-state index in [-0.39, 0.29) is 0 Å². The van der Waals surface area contributed by atoms with Crippen LogP contribution in [-0.2, 0) is 0 Å². The zero-order chi connectivity index (χ0) is 7.28. The minimum absolute atomic E-state index is 0.534. The molecule has 0 unspecified atom stereocenters. The van der Waals surface area contributed by atoms with E-state index in [0.29, 0.717) is 5.84 Å². The molecule has 3 heteroatoms. The zero-order valence-electron chi connectivity index (χ0n) is 5.89. The van der Waals surface area contributed by atoms with Crippen molar-refractivity contribution >= 4 is 5.84 Å². The van der Waals surface area contributed by atoms with Gasteiger partial charge in [-0.25, -0.2) is 4.99 Å². The van der Waals surface area contributed by atoms with Crippen molar-refractivity contribution in [3.05, 3.63) is 11.9 Å². The molecule has 0 atom stereocenters. The fraction of sp³-hybridized carbons (Fsp3) is 0.500. The summed E-state index contributed by atoms with van der Waals surface area (Å²) in [5, 5.41) is 0. The van der Waals surface area contributed by atoms with Gasteiger partial charge in [0, 0.05) is 11.9 Å². The van der Waals surface area contributed by atoms with Crippen molar-refractivity contribution < 1.29 is 0 Å². The molecule has 0 aliphatic carbocycles. The van der Waals surface area contributed by atoms with Crippen LogP contribution in [0.2, 0.25) is 0 Å². The number of nitrogens with two attached hydrogens (primary N) is 2. The number of amidine groups is 1. The molecule has 0 aromatic rings.